The highest BCUT2D eigenvalue weighted by Crippen LogP contribution is 2.36. The van der Waals surface area contributed by atoms with Crippen LogP contribution in [0.25, 0.3) is 0 Å². The maximum absolute atomic E-state index is 11.7. The summed E-state index contributed by atoms with van der Waals surface area (Å²) >= 11 is 5.96. The van der Waals surface area contributed by atoms with E-state index in [0.717, 1.165) is 16.7 Å². The first-order chi connectivity index (χ1) is 12.8. The minimum atomic E-state index is -0.564. The van der Waals surface area contributed by atoms with Crippen LogP contribution in [-0.2, 0) is 0 Å². The molecule has 3 rings (SSSR count). The quantitative estimate of drug-likeness (QED) is 0.461. The zero-order valence-corrected chi connectivity index (χ0v) is 15.7. The molecule has 3 aromatic rings. The third-order valence-corrected chi connectivity index (χ3v) is 4.06. The minimum Gasteiger partial charge on any atom is -0.434 e. The van der Waals surface area contributed by atoms with E-state index in [1.54, 1.807) is 30.3 Å². The molecule has 1 N–H and O–H groups in total. The first-order valence-electron chi connectivity index (χ1n) is 8.12. The van der Waals surface area contributed by atoms with E-state index in [0.29, 0.717) is 16.5 Å². The Labute approximate surface area is 161 Å². The average molecular weight is 385 g/mol. The number of ether oxygens (including phenoxy) is 1. The normalized spacial score (nSPS) is 10.5. The van der Waals surface area contributed by atoms with Gasteiger partial charge in [-0.05, 0) is 67.8 Å². The number of hydrogen-bond donors (Lipinski definition) is 1. The zero-order chi connectivity index (χ0) is 19.6. The van der Waals surface area contributed by atoms with Crippen LogP contribution in [-0.4, -0.2) is 14.9 Å². The van der Waals surface area contributed by atoms with Crippen LogP contribution in [0.3, 0.4) is 0 Å². The second-order valence-corrected chi connectivity index (χ2v) is 6.58. The number of benzene rings is 2. The topological polar surface area (TPSA) is 90.2 Å². The Bertz CT molecular complexity index is 1000. The lowest BCUT2D eigenvalue weighted by atomic mass is 10.1. The summed E-state index contributed by atoms with van der Waals surface area (Å²) in [5.41, 5.74) is 3.10. The van der Waals surface area contributed by atoms with Crippen molar-refractivity contribution in [3.05, 3.63) is 74.6 Å². The maximum Gasteiger partial charge on any atom is 0.373 e. The third kappa shape index (κ3) is 4.32. The molecule has 138 valence electrons. The second-order valence-electron chi connectivity index (χ2n) is 6.14. The summed E-state index contributed by atoms with van der Waals surface area (Å²) in [7, 11) is 0. The number of aryl methyl sites for hydroxylation is 3. The number of nitro groups is 1. The fraction of sp³-hybridized carbons (Fsp3) is 0.158. The highest BCUT2D eigenvalue weighted by molar-refractivity contribution is 6.30. The molecule has 0 bridgehead atoms. The molecule has 1 heterocycles. The number of rotatable bonds is 5. The van der Waals surface area contributed by atoms with Crippen LogP contribution in [0.15, 0.2) is 42.7 Å². The van der Waals surface area contributed by atoms with Crippen LogP contribution < -0.4 is 10.1 Å². The van der Waals surface area contributed by atoms with Crippen LogP contribution in [0.1, 0.15) is 16.7 Å². The van der Waals surface area contributed by atoms with E-state index in [4.69, 9.17) is 16.3 Å². The molecule has 0 amide bonds. The van der Waals surface area contributed by atoms with Crippen molar-refractivity contribution in [3.8, 4) is 11.6 Å². The van der Waals surface area contributed by atoms with Gasteiger partial charge in [-0.1, -0.05) is 17.7 Å². The zero-order valence-electron chi connectivity index (χ0n) is 15.0. The SMILES string of the molecule is Cc1cc(C)cc(Oc2ncnc(Nc3ccc(Cl)cc3C)c2[N+](=O)[O-])c1. The summed E-state index contributed by atoms with van der Waals surface area (Å²) in [4.78, 5) is 19.1. The maximum atomic E-state index is 11.7. The Morgan fingerprint density at radius 1 is 1.07 bits per heavy atom. The predicted molar refractivity (Wildman–Crippen MR) is 104 cm³/mol. The summed E-state index contributed by atoms with van der Waals surface area (Å²) in [6, 6.07) is 10.7. The molecule has 0 spiro atoms. The van der Waals surface area contributed by atoms with Crippen molar-refractivity contribution in [1.82, 2.24) is 9.97 Å². The largest absolute Gasteiger partial charge is 0.434 e. The van der Waals surface area contributed by atoms with Gasteiger partial charge in [0.2, 0.25) is 5.82 Å². The van der Waals surface area contributed by atoms with Gasteiger partial charge in [-0.2, -0.15) is 4.98 Å². The van der Waals surface area contributed by atoms with Crippen molar-refractivity contribution in [1.29, 1.82) is 0 Å². The van der Waals surface area contributed by atoms with Gasteiger partial charge in [0.05, 0.1) is 4.92 Å². The molecule has 0 unspecified atom stereocenters. The number of nitrogens with one attached hydrogen (secondary N) is 1. The fourth-order valence-electron chi connectivity index (χ4n) is 2.69. The van der Waals surface area contributed by atoms with Gasteiger partial charge in [0.15, 0.2) is 0 Å². The van der Waals surface area contributed by atoms with Crippen LogP contribution in [0.2, 0.25) is 5.02 Å². The van der Waals surface area contributed by atoms with Gasteiger partial charge in [-0.15, -0.1) is 0 Å². The van der Waals surface area contributed by atoms with Crippen molar-refractivity contribution in [2.45, 2.75) is 20.8 Å². The van der Waals surface area contributed by atoms with Crippen molar-refractivity contribution in [2.24, 2.45) is 0 Å². The van der Waals surface area contributed by atoms with Crippen molar-refractivity contribution in [2.75, 3.05) is 5.32 Å². The van der Waals surface area contributed by atoms with Crippen molar-refractivity contribution >= 4 is 28.8 Å². The summed E-state index contributed by atoms with van der Waals surface area (Å²) in [6.07, 6.45) is 1.22. The van der Waals surface area contributed by atoms with E-state index < -0.39 is 4.92 Å². The standard InChI is InChI=1S/C19H17ClN4O3/c1-11-6-12(2)8-15(7-11)27-19-17(24(25)26)18(21-10-22-19)23-16-5-4-14(20)9-13(16)3/h4-10H,1-3H3,(H,21,22,23). The molecule has 0 saturated heterocycles. The Morgan fingerprint density at radius 2 is 1.78 bits per heavy atom. The molecule has 0 aliphatic carbocycles. The Morgan fingerprint density at radius 3 is 2.41 bits per heavy atom. The van der Waals surface area contributed by atoms with E-state index in [9.17, 15) is 10.1 Å². The number of nitrogens with zero attached hydrogens (tertiary/aromatic N) is 3. The Kier molecular flexibility index (Phi) is 5.23. The molecule has 2 aromatic carbocycles. The van der Waals surface area contributed by atoms with Crippen LogP contribution in [0.5, 0.6) is 11.6 Å². The smallest absolute Gasteiger partial charge is 0.373 e. The number of halogens is 1. The van der Waals surface area contributed by atoms with Gasteiger partial charge in [0, 0.05) is 10.7 Å². The van der Waals surface area contributed by atoms with E-state index >= 15 is 0 Å². The van der Waals surface area contributed by atoms with Crippen LogP contribution in [0.4, 0.5) is 17.2 Å². The summed E-state index contributed by atoms with van der Waals surface area (Å²) in [6.45, 7) is 5.68. The molecule has 0 aliphatic heterocycles. The molecule has 1 aromatic heterocycles. The van der Waals surface area contributed by atoms with Gasteiger partial charge in [0.1, 0.15) is 12.1 Å². The molecule has 8 heteroatoms. The van der Waals surface area contributed by atoms with Gasteiger partial charge >= 0.3 is 11.6 Å². The monoisotopic (exact) mass is 384 g/mol. The molecule has 0 saturated carbocycles. The minimum absolute atomic E-state index is 0.0415. The van der Waals surface area contributed by atoms with E-state index in [2.05, 4.69) is 15.3 Å². The van der Waals surface area contributed by atoms with E-state index in [1.807, 2.05) is 26.8 Å². The molecule has 0 aliphatic rings. The van der Waals surface area contributed by atoms with Gasteiger partial charge in [-0.3, -0.25) is 10.1 Å². The van der Waals surface area contributed by atoms with Crippen LogP contribution in [0, 0.1) is 30.9 Å². The molecule has 0 fully saturated rings. The Hall–Kier alpha value is -3.19. The second kappa shape index (κ2) is 7.59. The molecular weight excluding hydrogens is 368 g/mol. The molecule has 0 atom stereocenters. The number of anilines is 2. The third-order valence-electron chi connectivity index (χ3n) is 3.82. The lowest BCUT2D eigenvalue weighted by Gasteiger charge is -2.11. The average Bonchev–Trinajstić information content (AvgIpc) is 2.56. The predicted octanol–water partition coefficient (Wildman–Crippen LogP) is 5.50. The van der Waals surface area contributed by atoms with E-state index in [-0.39, 0.29) is 17.4 Å². The first kappa shape index (κ1) is 18.6. The van der Waals surface area contributed by atoms with Crippen molar-refractivity contribution in [3.63, 3.8) is 0 Å². The van der Waals surface area contributed by atoms with Gasteiger partial charge in [-0.25, -0.2) is 4.98 Å². The molecule has 0 radical (unpaired) electrons. The lowest BCUT2D eigenvalue weighted by molar-refractivity contribution is -0.385. The van der Waals surface area contributed by atoms with Gasteiger partial charge < -0.3 is 10.1 Å². The molecular formula is C19H17ClN4O3. The number of aromatic nitrogens is 2. The van der Waals surface area contributed by atoms with Gasteiger partial charge in [0.25, 0.3) is 0 Å². The lowest BCUT2D eigenvalue weighted by Crippen LogP contribution is -2.04. The highest BCUT2D eigenvalue weighted by Gasteiger charge is 2.25. The fourth-order valence-corrected chi connectivity index (χ4v) is 2.92. The van der Waals surface area contributed by atoms with Crippen molar-refractivity contribution < 1.29 is 9.66 Å². The van der Waals surface area contributed by atoms with E-state index in [1.165, 1.54) is 6.33 Å². The summed E-state index contributed by atoms with van der Waals surface area (Å²) in [5, 5.41) is 15.2. The van der Waals surface area contributed by atoms with Crippen LogP contribution >= 0.6 is 11.6 Å². The summed E-state index contributed by atoms with van der Waals surface area (Å²) in [5.74, 6) is 0.386. The molecule has 27 heavy (non-hydrogen) atoms. The first-order valence-corrected chi connectivity index (χ1v) is 8.50. The Balaban J connectivity index is 2.00. The molecule has 7 nitrogen and oxygen atoms in total. The highest BCUT2D eigenvalue weighted by atomic mass is 35.5. The summed E-state index contributed by atoms with van der Waals surface area (Å²) < 4.78 is 5.71. The number of hydrogen-bond acceptors (Lipinski definition) is 6.